The summed E-state index contributed by atoms with van der Waals surface area (Å²) in [6.45, 7) is 8.30. The van der Waals surface area contributed by atoms with E-state index in [1.165, 1.54) is 5.56 Å². The van der Waals surface area contributed by atoms with Gasteiger partial charge < -0.3 is 14.8 Å². The monoisotopic (exact) mass is 265 g/mol. The molecule has 1 unspecified atom stereocenters. The van der Waals surface area contributed by atoms with Crippen LogP contribution in [0.25, 0.3) is 0 Å². The minimum absolute atomic E-state index is 0.139. The van der Waals surface area contributed by atoms with Crippen LogP contribution in [-0.2, 0) is 15.9 Å². The third-order valence-electron chi connectivity index (χ3n) is 3.10. The Hall–Kier alpha value is -0.900. The Morgan fingerprint density at radius 3 is 2.16 bits per heavy atom. The normalized spacial score (nSPS) is 12.8. The minimum Gasteiger partial charge on any atom is -0.352 e. The summed E-state index contributed by atoms with van der Waals surface area (Å²) in [4.78, 5) is 0. The van der Waals surface area contributed by atoms with Crippen molar-refractivity contribution in [3.63, 3.8) is 0 Å². The highest BCUT2D eigenvalue weighted by atomic mass is 16.7. The van der Waals surface area contributed by atoms with E-state index in [2.05, 4.69) is 42.6 Å². The Labute approximate surface area is 117 Å². The van der Waals surface area contributed by atoms with Crippen LogP contribution in [0.3, 0.4) is 0 Å². The Morgan fingerprint density at radius 2 is 1.63 bits per heavy atom. The maximum Gasteiger partial charge on any atom is 0.169 e. The van der Waals surface area contributed by atoms with Crippen molar-refractivity contribution in [1.82, 2.24) is 5.32 Å². The van der Waals surface area contributed by atoms with Crippen LogP contribution < -0.4 is 5.32 Å². The number of rotatable bonds is 10. The SMILES string of the molecule is CCOC(CNC(CC)Cc1ccccc1)OCC. The lowest BCUT2D eigenvalue weighted by Crippen LogP contribution is -2.39. The molecule has 3 heteroatoms. The van der Waals surface area contributed by atoms with Crippen molar-refractivity contribution in [2.24, 2.45) is 0 Å². The van der Waals surface area contributed by atoms with Crippen LogP contribution in [0.1, 0.15) is 32.8 Å². The summed E-state index contributed by atoms with van der Waals surface area (Å²) in [6.07, 6.45) is 2.00. The van der Waals surface area contributed by atoms with Crippen molar-refractivity contribution in [2.45, 2.75) is 45.9 Å². The van der Waals surface area contributed by atoms with E-state index in [1.807, 2.05) is 13.8 Å². The fourth-order valence-corrected chi connectivity index (χ4v) is 2.06. The van der Waals surface area contributed by atoms with Crippen LogP contribution in [0.4, 0.5) is 0 Å². The van der Waals surface area contributed by atoms with Crippen molar-refractivity contribution in [3.05, 3.63) is 35.9 Å². The van der Waals surface area contributed by atoms with Gasteiger partial charge in [0.25, 0.3) is 0 Å². The number of benzene rings is 1. The summed E-state index contributed by atoms with van der Waals surface area (Å²) < 4.78 is 11.1. The Kier molecular flexibility index (Phi) is 8.47. The third-order valence-corrected chi connectivity index (χ3v) is 3.10. The average molecular weight is 265 g/mol. The summed E-state index contributed by atoms with van der Waals surface area (Å²) >= 11 is 0. The maximum atomic E-state index is 5.54. The van der Waals surface area contributed by atoms with E-state index in [0.29, 0.717) is 19.3 Å². The average Bonchev–Trinajstić information content (AvgIpc) is 2.44. The lowest BCUT2D eigenvalue weighted by atomic mass is 10.0. The second-order valence-electron chi connectivity index (χ2n) is 4.54. The van der Waals surface area contributed by atoms with Gasteiger partial charge in [-0.3, -0.25) is 0 Å². The number of nitrogens with one attached hydrogen (secondary N) is 1. The van der Waals surface area contributed by atoms with Gasteiger partial charge in [-0.15, -0.1) is 0 Å². The van der Waals surface area contributed by atoms with E-state index in [1.54, 1.807) is 0 Å². The van der Waals surface area contributed by atoms with Gasteiger partial charge in [-0.2, -0.15) is 0 Å². The van der Waals surface area contributed by atoms with Crippen molar-refractivity contribution in [2.75, 3.05) is 19.8 Å². The molecule has 0 aliphatic heterocycles. The van der Waals surface area contributed by atoms with Gasteiger partial charge in [-0.25, -0.2) is 0 Å². The topological polar surface area (TPSA) is 30.5 Å². The van der Waals surface area contributed by atoms with Crippen molar-refractivity contribution >= 4 is 0 Å². The van der Waals surface area contributed by atoms with Crippen LogP contribution in [0, 0.1) is 0 Å². The molecule has 0 saturated heterocycles. The lowest BCUT2D eigenvalue weighted by Gasteiger charge is -2.22. The molecule has 0 radical (unpaired) electrons. The highest BCUT2D eigenvalue weighted by Crippen LogP contribution is 2.06. The van der Waals surface area contributed by atoms with E-state index in [-0.39, 0.29) is 6.29 Å². The fourth-order valence-electron chi connectivity index (χ4n) is 2.06. The molecule has 1 aromatic rings. The molecule has 1 rings (SSSR count). The second kappa shape index (κ2) is 9.96. The van der Waals surface area contributed by atoms with Crippen LogP contribution in [0.2, 0.25) is 0 Å². The zero-order valence-corrected chi connectivity index (χ0v) is 12.4. The first-order chi connectivity index (χ1) is 9.30. The molecule has 0 heterocycles. The van der Waals surface area contributed by atoms with Crippen LogP contribution in [0.5, 0.6) is 0 Å². The Morgan fingerprint density at radius 1 is 1.00 bits per heavy atom. The molecule has 3 nitrogen and oxygen atoms in total. The van der Waals surface area contributed by atoms with Crippen LogP contribution in [0.15, 0.2) is 30.3 Å². The first-order valence-electron chi connectivity index (χ1n) is 7.30. The van der Waals surface area contributed by atoms with Gasteiger partial charge in [0.15, 0.2) is 6.29 Å². The summed E-state index contributed by atoms with van der Waals surface area (Å²) in [5, 5.41) is 3.54. The molecule has 1 atom stereocenters. The molecule has 0 amide bonds. The number of ether oxygens (including phenoxy) is 2. The van der Waals surface area contributed by atoms with Gasteiger partial charge in [0.05, 0.1) is 0 Å². The summed E-state index contributed by atoms with van der Waals surface area (Å²) in [5.74, 6) is 0. The molecule has 19 heavy (non-hydrogen) atoms. The largest absolute Gasteiger partial charge is 0.352 e. The molecule has 0 fully saturated rings. The minimum atomic E-state index is -0.139. The number of hydrogen-bond acceptors (Lipinski definition) is 3. The zero-order valence-electron chi connectivity index (χ0n) is 12.4. The molecular weight excluding hydrogens is 238 g/mol. The molecule has 1 N–H and O–H groups in total. The summed E-state index contributed by atoms with van der Waals surface area (Å²) in [7, 11) is 0. The lowest BCUT2D eigenvalue weighted by molar-refractivity contribution is -0.133. The van der Waals surface area contributed by atoms with Gasteiger partial charge in [0.2, 0.25) is 0 Å². The van der Waals surface area contributed by atoms with Gasteiger partial charge >= 0.3 is 0 Å². The molecule has 0 aliphatic rings. The molecule has 0 spiro atoms. The van der Waals surface area contributed by atoms with Crippen molar-refractivity contribution < 1.29 is 9.47 Å². The molecule has 0 bridgehead atoms. The molecular formula is C16H27NO2. The highest BCUT2D eigenvalue weighted by molar-refractivity contribution is 5.15. The fraction of sp³-hybridized carbons (Fsp3) is 0.625. The molecule has 1 aromatic carbocycles. The first-order valence-corrected chi connectivity index (χ1v) is 7.30. The predicted molar refractivity (Wildman–Crippen MR) is 79.3 cm³/mol. The third kappa shape index (κ3) is 6.71. The maximum absolute atomic E-state index is 5.54. The Balaban J connectivity index is 2.38. The van der Waals surface area contributed by atoms with E-state index in [0.717, 1.165) is 19.4 Å². The molecule has 108 valence electrons. The summed E-state index contributed by atoms with van der Waals surface area (Å²) in [6, 6.07) is 11.0. The van der Waals surface area contributed by atoms with Crippen LogP contribution >= 0.6 is 0 Å². The molecule has 0 aromatic heterocycles. The quantitative estimate of drug-likeness (QED) is 0.660. The van der Waals surface area contributed by atoms with Crippen molar-refractivity contribution in [1.29, 1.82) is 0 Å². The van der Waals surface area contributed by atoms with Gasteiger partial charge in [0.1, 0.15) is 0 Å². The van der Waals surface area contributed by atoms with Crippen molar-refractivity contribution in [3.8, 4) is 0 Å². The summed E-state index contributed by atoms with van der Waals surface area (Å²) in [5.41, 5.74) is 1.37. The highest BCUT2D eigenvalue weighted by Gasteiger charge is 2.12. The van der Waals surface area contributed by atoms with Gasteiger partial charge in [-0.1, -0.05) is 37.3 Å². The van der Waals surface area contributed by atoms with Crippen LogP contribution in [-0.4, -0.2) is 32.1 Å². The first kappa shape index (κ1) is 16.2. The second-order valence-corrected chi connectivity index (χ2v) is 4.54. The molecule has 0 saturated carbocycles. The van der Waals surface area contributed by atoms with Gasteiger partial charge in [0, 0.05) is 25.8 Å². The van der Waals surface area contributed by atoms with E-state index >= 15 is 0 Å². The smallest absolute Gasteiger partial charge is 0.169 e. The zero-order chi connectivity index (χ0) is 13.9. The Bertz CT molecular complexity index is 310. The predicted octanol–water partition coefficient (Wildman–Crippen LogP) is 3.00. The van der Waals surface area contributed by atoms with E-state index in [9.17, 15) is 0 Å². The number of hydrogen-bond donors (Lipinski definition) is 1. The van der Waals surface area contributed by atoms with Gasteiger partial charge in [-0.05, 0) is 32.3 Å². The van der Waals surface area contributed by atoms with E-state index < -0.39 is 0 Å². The molecule has 0 aliphatic carbocycles. The van der Waals surface area contributed by atoms with E-state index in [4.69, 9.17) is 9.47 Å². The standard InChI is InChI=1S/C16H27NO2/c1-4-15(12-14-10-8-7-9-11-14)17-13-16(18-5-2)19-6-3/h7-11,15-17H,4-6,12-13H2,1-3H3.